The van der Waals surface area contributed by atoms with Crippen LogP contribution in [0.25, 0.3) is 0 Å². The first-order chi connectivity index (χ1) is 5.08. The molecule has 2 unspecified atom stereocenters. The summed E-state index contributed by atoms with van der Waals surface area (Å²) < 4.78 is 0. The maximum atomic E-state index is 6.09. The smallest absolute Gasteiger partial charge is 0.00954 e. The van der Waals surface area contributed by atoms with Crippen LogP contribution < -0.4 is 5.73 Å². The zero-order chi connectivity index (χ0) is 8.48. The Hall–Kier alpha value is -0.0400. The van der Waals surface area contributed by atoms with Gasteiger partial charge in [0.15, 0.2) is 0 Å². The summed E-state index contributed by atoms with van der Waals surface area (Å²) in [6.45, 7) is 6.86. The Labute approximate surface area is 70.4 Å². The molecule has 0 aromatic carbocycles. The SMILES string of the molecule is CCC(C)CC(N)C1(C)CC1. The van der Waals surface area contributed by atoms with Crippen LogP contribution in [0.4, 0.5) is 0 Å². The van der Waals surface area contributed by atoms with Crippen molar-refractivity contribution in [1.29, 1.82) is 0 Å². The van der Waals surface area contributed by atoms with Crippen LogP contribution in [0.15, 0.2) is 0 Å². The van der Waals surface area contributed by atoms with Gasteiger partial charge in [0.05, 0.1) is 0 Å². The highest BCUT2D eigenvalue weighted by Gasteiger charge is 2.42. The van der Waals surface area contributed by atoms with Crippen LogP contribution in [0.5, 0.6) is 0 Å². The second-order valence-electron chi connectivity index (χ2n) is 4.51. The first-order valence-corrected chi connectivity index (χ1v) is 4.84. The van der Waals surface area contributed by atoms with Crippen molar-refractivity contribution in [2.45, 2.75) is 52.5 Å². The lowest BCUT2D eigenvalue weighted by molar-refractivity contribution is 0.350. The van der Waals surface area contributed by atoms with Crippen LogP contribution >= 0.6 is 0 Å². The molecule has 0 aromatic heterocycles. The van der Waals surface area contributed by atoms with Gasteiger partial charge in [-0.25, -0.2) is 0 Å². The Morgan fingerprint density at radius 1 is 1.45 bits per heavy atom. The summed E-state index contributed by atoms with van der Waals surface area (Å²) in [5.74, 6) is 0.808. The van der Waals surface area contributed by atoms with Gasteiger partial charge in [-0.05, 0) is 30.6 Å². The lowest BCUT2D eigenvalue weighted by Gasteiger charge is -2.21. The quantitative estimate of drug-likeness (QED) is 0.663. The predicted molar refractivity (Wildman–Crippen MR) is 49.4 cm³/mol. The lowest BCUT2D eigenvalue weighted by atomic mass is 9.90. The highest BCUT2D eigenvalue weighted by atomic mass is 14.7. The van der Waals surface area contributed by atoms with Crippen molar-refractivity contribution in [3.63, 3.8) is 0 Å². The number of nitrogens with two attached hydrogens (primary N) is 1. The van der Waals surface area contributed by atoms with Crippen molar-refractivity contribution in [3.05, 3.63) is 0 Å². The van der Waals surface area contributed by atoms with Gasteiger partial charge in [-0.2, -0.15) is 0 Å². The number of hydrogen-bond acceptors (Lipinski definition) is 1. The molecule has 1 nitrogen and oxygen atoms in total. The monoisotopic (exact) mass is 155 g/mol. The fourth-order valence-electron chi connectivity index (χ4n) is 1.45. The Balaban J connectivity index is 2.25. The molecule has 0 bridgehead atoms. The van der Waals surface area contributed by atoms with E-state index in [0.717, 1.165) is 5.92 Å². The van der Waals surface area contributed by atoms with Crippen LogP contribution in [0.3, 0.4) is 0 Å². The summed E-state index contributed by atoms with van der Waals surface area (Å²) >= 11 is 0. The Morgan fingerprint density at radius 2 is 2.00 bits per heavy atom. The average molecular weight is 155 g/mol. The Morgan fingerprint density at radius 3 is 2.36 bits per heavy atom. The molecule has 0 aromatic rings. The fraction of sp³-hybridized carbons (Fsp3) is 1.00. The lowest BCUT2D eigenvalue weighted by Crippen LogP contribution is -2.31. The van der Waals surface area contributed by atoms with Crippen LogP contribution in [-0.2, 0) is 0 Å². The molecule has 66 valence electrons. The van der Waals surface area contributed by atoms with Crippen molar-refractivity contribution in [2.24, 2.45) is 17.1 Å². The molecule has 0 radical (unpaired) electrons. The molecule has 1 rings (SSSR count). The second kappa shape index (κ2) is 3.14. The van der Waals surface area contributed by atoms with E-state index >= 15 is 0 Å². The van der Waals surface area contributed by atoms with Crippen molar-refractivity contribution >= 4 is 0 Å². The third kappa shape index (κ3) is 2.19. The van der Waals surface area contributed by atoms with E-state index in [-0.39, 0.29) is 0 Å². The number of hydrogen-bond donors (Lipinski definition) is 1. The van der Waals surface area contributed by atoms with Crippen molar-refractivity contribution in [1.82, 2.24) is 0 Å². The standard InChI is InChI=1S/C10H21N/c1-4-8(2)7-9(11)10(3)5-6-10/h8-9H,4-7,11H2,1-3H3. The summed E-state index contributed by atoms with van der Waals surface area (Å²) in [6, 6.07) is 0.456. The van der Waals surface area contributed by atoms with Crippen LogP contribution in [-0.4, -0.2) is 6.04 Å². The van der Waals surface area contributed by atoms with E-state index < -0.39 is 0 Å². The van der Waals surface area contributed by atoms with Gasteiger partial charge in [-0.15, -0.1) is 0 Å². The van der Waals surface area contributed by atoms with E-state index in [1.165, 1.54) is 25.7 Å². The molecule has 1 heteroatoms. The zero-order valence-corrected chi connectivity index (χ0v) is 8.06. The predicted octanol–water partition coefficient (Wildman–Crippen LogP) is 2.55. The highest BCUT2D eigenvalue weighted by molar-refractivity contribution is 4.97. The molecule has 2 N–H and O–H groups in total. The first kappa shape index (κ1) is 9.05. The van der Waals surface area contributed by atoms with Crippen LogP contribution in [0, 0.1) is 11.3 Å². The van der Waals surface area contributed by atoms with Gasteiger partial charge in [-0.3, -0.25) is 0 Å². The average Bonchev–Trinajstić information content (AvgIpc) is 2.69. The second-order valence-corrected chi connectivity index (χ2v) is 4.51. The molecule has 2 atom stereocenters. The summed E-state index contributed by atoms with van der Waals surface area (Å²) in [6.07, 6.45) is 5.19. The third-order valence-corrected chi connectivity index (χ3v) is 3.29. The summed E-state index contributed by atoms with van der Waals surface area (Å²) in [5.41, 5.74) is 6.61. The minimum atomic E-state index is 0.456. The minimum absolute atomic E-state index is 0.456. The van der Waals surface area contributed by atoms with Gasteiger partial charge in [0.2, 0.25) is 0 Å². The summed E-state index contributed by atoms with van der Waals surface area (Å²) in [4.78, 5) is 0. The first-order valence-electron chi connectivity index (χ1n) is 4.84. The molecule has 0 heterocycles. The highest BCUT2D eigenvalue weighted by Crippen LogP contribution is 2.48. The molecule has 1 saturated carbocycles. The van der Waals surface area contributed by atoms with Crippen molar-refractivity contribution in [2.75, 3.05) is 0 Å². The van der Waals surface area contributed by atoms with Crippen molar-refractivity contribution in [3.8, 4) is 0 Å². The van der Waals surface area contributed by atoms with E-state index in [9.17, 15) is 0 Å². The Bertz CT molecular complexity index is 127. The van der Waals surface area contributed by atoms with Crippen LogP contribution in [0.1, 0.15) is 46.5 Å². The Kier molecular flexibility index (Phi) is 2.58. The summed E-state index contributed by atoms with van der Waals surface area (Å²) in [7, 11) is 0. The summed E-state index contributed by atoms with van der Waals surface area (Å²) in [5, 5.41) is 0. The third-order valence-electron chi connectivity index (χ3n) is 3.29. The molecule has 0 amide bonds. The normalized spacial score (nSPS) is 26.2. The molecule has 11 heavy (non-hydrogen) atoms. The van der Waals surface area contributed by atoms with Gasteiger partial charge in [0.1, 0.15) is 0 Å². The molecule has 1 aliphatic rings. The molecule has 1 aliphatic carbocycles. The number of rotatable bonds is 4. The zero-order valence-electron chi connectivity index (χ0n) is 8.06. The van der Waals surface area contributed by atoms with E-state index in [4.69, 9.17) is 5.73 Å². The van der Waals surface area contributed by atoms with Gasteiger partial charge < -0.3 is 5.73 Å². The molecular weight excluding hydrogens is 134 g/mol. The topological polar surface area (TPSA) is 26.0 Å². The van der Waals surface area contributed by atoms with Gasteiger partial charge >= 0.3 is 0 Å². The van der Waals surface area contributed by atoms with E-state index in [2.05, 4.69) is 20.8 Å². The van der Waals surface area contributed by atoms with Gasteiger partial charge in [0, 0.05) is 6.04 Å². The van der Waals surface area contributed by atoms with Gasteiger partial charge in [0.25, 0.3) is 0 Å². The fourth-order valence-corrected chi connectivity index (χ4v) is 1.45. The maximum absolute atomic E-state index is 6.09. The van der Waals surface area contributed by atoms with Crippen LogP contribution in [0.2, 0.25) is 0 Å². The van der Waals surface area contributed by atoms with Gasteiger partial charge in [-0.1, -0.05) is 27.2 Å². The van der Waals surface area contributed by atoms with E-state index in [1.54, 1.807) is 0 Å². The maximum Gasteiger partial charge on any atom is 0.00954 e. The molecular formula is C10H21N. The molecule has 1 fully saturated rings. The van der Waals surface area contributed by atoms with Crippen molar-refractivity contribution < 1.29 is 0 Å². The largest absolute Gasteiger partial charge is 0.327 e. The molecule has 0 saturated heterocycles. The van der Waals surface area contributed by atoms with E-state index in [1.807, 2.05) is 0 Å². The van der Waals surface area contributed by atoms with E-state index in [0.29, 0.717) is 11.5 Å². The molecule has 0 spiro atoms. The molecule has 0 aliphatic heterocycles. The minimum Gasteiger partial charge on any atom is -0.327 e.